The minimum atomic E-state index is -0.677. The lowest BCUT2D eigenvalue weighted by Crippen LogP contribution is -2.28. The Kier molecular flexibility index (Phi) is 4.62. The van der Waals surface area contributed by atoms with E-state index < -0.39 is 11.7 Å². The lowest BCUT2D eigenvalue weighted by molar-refractivity contribution is 0.0950. The minimum absolute atomic E-state index is 0.0519. The third-order valence-electron chi connectivity index (χ3n) is 3.70. The molecule has 3 aromatic rings. The smallest absolute Gasteiger partial charge is 0.255 e. The molecule has 0 aliphatic carbocycles. The predicted molar refractivity (Wildman–Crippen MR) is 92.0 cm³/mol. The zero-order chi connectivity index (χ0) is 17.1. The third-order valence-corrected chi connectivity index (χ3v) is 4.02. The fourth-order valence-electron chi connectivity index (χ4n) is 2.49. The molecule has 0 saturated carbocycles. The van der Waals surface area contributed by atoms with E-state index >= 15 is 0 Å². The van der Waals surface area contributed by atoms with E-state index in [0.717, 1.165) is 10.9 Å². The molecule has 0 fully saturated rings. The molecule has 4 nitrogen and oxygen atoms in total. The normalized spacial score (nSPS) is 10.8. The Bertz CT molecular complexity index is 948. The Morgan fingerprint density at radius 2 is 1.96 bits per heavy atom. The van der Waals surface area contributed by atoms with Gasteiger partial charge in [0.25, 0.3) is 11.5 Å². The molecule has 0 unspecified atom stereocenters. The lowest BCUT2D eigenvalue weighted by Gasteiger charge is -2.08. The van der Waals surface area contributed by atoms with Crippen LogP contribution >= 0.6 is 11.6 Å². The van der Waals surface area contributed by atoms with Crippen molar-refractivity contribution in [1.29, 1.82) is 0 Å². The maximum atomic E-state index is 13.7. The van der Waals surface area contributed by atoms with Crippen molar-refractivity contribution in [1.82, 2.24) is 10.3 Å². The highest BCUT2D eigenvalue weighted by atomic mass is 35.5. The zero-order valence-corrected chi connectivity index (χ0v) is 13.4. The van der Waals surface area contributed by atoms with Crippen LogP contribution in [0.25, 0.3) is 10.9 Å². The van der Waals surface area contributed by atoms with Gasteiger partial charge in [0.2, 0.25) is 0 Å². The summed E-state index contributed by atoms with van der Waals surface area (Å²) in [6.07, 6.45) is 0.331. The fraction of sp³-hybridized carbons (Fsp3) is 0.111. The molecule has 6 heteroatoms. The molecule has 0 atom stereocenters. The average molecular weight is 345 g/mol. The summed E-state index contributed by atoms with van der Waals surface area (Å²) in [5.41, 5.74) is 0.917. The van der Waals surface area contributed by atoms with Gasteiger partial charge in [-0.3, -0.25) is 9.59 Å². The number of para-hydroxylation sites is 1. The van der Waals surface area contributed by atoms with E-state index in [0.29, 0.717) is 12.0 Å². The lowest BCUT2D eigenvalue weighted by atomic mass is 10.1. The molecule has 2 N–H and O–H groups in total. The first-order valence-electron chi connectivity index (χ1n) is 7.39. The van der Waals surface area contributed by atoms with E-state index in [1.54, 1.807) is 6.07 Å². The van der Waals surface area contributed by atoms with Crippen molar-refractivity contribution in [2.45, 2.75) is 6.42 Å². The standard InChI is InChI=1S/C18H14ClFN2O2/c19-13-5-3-6-14(20)16(13)18(24)21-9-8-12-10-11-4-1-2-7-15(11)22-17(12)23/h1-7,10H,8-9H2,(H,21,24)(H,22,23). The molecule has 24 heavy (non-hydrogen) atoms. The molecule has 0 radical (unpaired) electrons. The number of fused-ring (bicyclic) bond motifs is 1. The number of carbonyl (C=O) groups is 1. The largest absolute Gasteiger partial charge is 0.352 e. The van der Waals surface area contributed by atoms with Crippen LogP contribution in [0.3, 0.4) is 0 Å². The van der Waals surface area contributed by atoms with Crippen molar-refractivity contribution >= 4 is 28.4 Å². The number of pyridine rings is 1. The van der Waals surface area contributed by atoms with Crippen LogP contribution in [0.2, 0.25) is 5.02 Å². The molecular weight excluding hydrogens is 331 g/mol. The Morgan fingerprint density at radius 1 is 1.17 bits per heavy atom. The highest BCUT2D eigenvalue weighted by Crippen LogP contribution is 2.18. The quantitative estimate of drug-likeness (QED) is 0.763. The van der Waals surface area contributed by atoms with Crippen molar-refractivity contribution in [3.63, 3.8) is 0 Å². The van der Waals surface area contributed by atoms with Crippen LogP contribution in [0.1, 0.15) is 15.9 Å². The van der Waals surface area contributed by atoms with Crippen LogP contribution in [-0.4, -0.2) is 17.4 Å². The molecule has 3 rings (SSSR count). The average Bonchev–Trinajstić information content (AvgIpc) is 2.55. The molecule has 2 aromatic carbocycles. The number of H-pyrrole nitrogens is 1. The maximum Gasteiger partial charge on any atom is 0.255 e. The highest BCUT2D eigenvalue weighted by Gasteiger charge is 2.15. The first kappa shape index (κ1) is 16.2. The summed E-state index contributed by atoms with van der Waals surface area (Å²) in [5, 5.41) is 3.55. The molecule has 1 amide bonds. The Labute approximate surface area is 142 Å². The molecule has 0 bridgehead atoms. The zero-order valence-electron chi connectivity index (χ0n) is 12.6. The number of rotatable bonds is 4. The van der Waals surface area contributed by atoms with Gasteiger partial charge < -0.3 is 10.3 Å². The SMILES string of the molecule is O=C(NCCc1cc2ccccc2[nH]c1=O)c1c(F)cccc1Cl. The third kappa shape index (κ3) is 3.31. The van der Waals surface area contributed by atoms with Gasteiger partial charge in [-0.05, 0) is 36.1 Å². The summed E-state index contributed by atoms with van der Waals surface area (Å²) >= 11 is 5.86. The monoisotopic (exact) mass is 344 g/mol. The van der Waals surface area contributed by atoms with E-state index in [2.05, 4.69) is 10.3 Å². The van der Waals surface area contributed by atoms with E-state index in [4.69, 9.17) is 11.6 Å². The number of hydrogen-bond acceptors (Lipinski definition) is 2. The molecule has 0 aliphatic rings. The first-order valence-corrected chi connectivity index (χ1v) is 7.77. The summed E-state index contributed by atoms with van der Waals surface area (Å²) < 4.78 is 13.7. The van der Waals surface area contributed by atoms with Crippen LogP contribution in [0.4, 0.5) is 4.39 Å². The second kappa shape index (κ2) is 6.84. The van der Waals surface area contributed by atoms with Gasteiger partial charge in [0.05, 0.1) is 10.6 Å². The van der Waals surface area contributed by atoms with Gasteiger partial charge in [-0.15, -0.1) is 0 Å². The van der Waals surface area contributed by atoms with Crippen LogP contribution in [0, 0.1) is 5.82 Å². The second-order valence-corrected chi connectivity index (χ2v) is 5.72. The minimum Gasteiger partial charge on any atom is -0.352 e. The van der Waals surface area contributed by atoms with Gasteiger partial charge in [-0.2, -0.15) is 0 Å². The summed E-state index contributed by atoms with van der Waals surface area (Å²) in [7, 11) is 0. The van der Waals surface area contributed by atoms with Gasteiger partial charge in [-0.25, -0.2) is 4.39 Å². The van der Waals surface area contributed by atoms with Crippen LogP contribution in [0.5, 0.6) is 0 Å². The Balaban J connectivity index is 1.72. The maximum absolute atomic E-state index is 13.7. The molecule has 0 saturated heterocycles. The van der Waals surface area contributed by atoms with Crippen molar-refractivity contribution in [3.8, 4) is 0 Å². The molecule has 0 aliphatic heterocycles. The van der Waals surface area contributed by atoms with Crippen molar-refractivity contribution in [2.24, 2.45) is 0 Å². The summed E-state index contributed by atoms with van der Waals surface area (Å²) in [6, 6.07) is 13.3. The van der Waals surface area contributed by atoms with Gasteiger partial charge in [0.1, 0.15) is 5.82 Å². The van der Waals surface area contributed by atoms with E-state index in [1.165, 1.54) is 18.2 Å². The molecule has 122 valence electrons. The number of carbonyl (C=O) groups excluding carboxylic acids is 1. The van der Waals surface area contributed by atoms with Crippen molar-refractivity contribution in [3.05, 3.63) is 80.9 Å². The van der Waals surface area contributed by atoms with Crippen LogP contribution < -0.4 is 10.9 Å². The number of amides is 1. The number of aromatic nitrogens is 1. The molecule has 1 aromatic heterocycles. The van der Waals surface area contributed by atoms with Crippen LogP contribution in [-0.2, 0) is 6.42 Å². The van der Waals surface area contributed by atoms with Gasteiger partial charge in [-0.1, -0.05) is 35.9 Å². The second-order valence-electron chi connectivity index (χ2n) is 5.31. The van der Waals surface area contributed by atoms with Gasteiger partial charge >= 0.3 is 0 Å². The topological polar surface area (TPSA) is 62.0 Å². The van der Waals surface area contributed by atoms with Crippen molar-refractivity contribution < 1.29 is 9.18 Å². The highest BCUT2D eigenvalue weighted by molar-refractivity contribution is 6.33. The van der Waals surface area contributed by atoms with Gasteiger partial charge in [0.15, 0.2) is 0 Å². The number of nitrogens with one attached hydrogen (secondary N) is 2. The first-order chi connectivity index (χ1) is 11.6. The number of aromatic amines is 1. The van der Waals surface area contributed by atoms with Crippen LogP contribution in [0.15, 0.2) is 53.3 Å². The van der Waals surface area contributed by atoms with Gasteiger partial charge in [0, 0.05) is 17.6 Å². The summed E-state index contributed by atoms with van der Waals surface area (Å²) in [6.45, 7) is 0.199. The Morgan fingerprint density at radius 3 is 2.75 bits per heavy atom. The fourth-order valence-corrected chi connectivity index (χ4v) is 2.74. The summed E-state index contributed by atoms with van der Waals surface area (Å²) in [4.78, 5) is 26.9. The molecule has 0 spiro atoms. The summed E-state index contributed by atoms with van der Waals surface area (Å²) in [5.74, 6) is -1.28. The number of hydrogen-bond donors (Lipinski definition) is 2. The van der Waals surface area contributed by atoms with Crippen molar-refractivity contribution in [2.75, 3.05) is 6.54 Å². The molecule has 1 heterocycles. The van der Waals surface area contributed by atoms with E-state index in [1.807, 2.05) is 24.3 Å². The number of halogens is 2. The Hall–Kier alpha value is -2.66. The van der Waals surface area contributed by atoms with E-state index in [-0.39, 0.29) is 22.7 Å². The van der Waals surface area contributed by atoms with E-state index in [9.17, 15) is 14.0 Å². The predicted octanol–water partition coefficient (Wildman–Crippen LogP) is 3.29. The molecular formula is C18H14ClFN2O2. The number of benzene rings is 2.